The van der Waals surface area contributed by atoms with E-state index in [-0.39, 0.29) is 34.3 Å². The summed E-state index contributed by atoms with van der Waals surface area (Å²) in [6.45, 7) is 4.80. The number of aromatic hydroxyl groups is 4. The Balaban J connectivity index is 1.18. The van der Waals surface area contributed by atoms with Gasteiger partial charge in [-0.15, -0.1) is 0 Å². The summed E-state index contributed by atoms with van der Waals surface area (Å²) in [5.74, 6) is -3.51. The third-order valence-corrected chi connectivity index (χ3v) is 10.3. The standard InChI is InChI=1S/C41H44O18/c1-4-20-10-21(11-28(54-3)18(20)2)38-30(14-23-25(44)12-22(42)13-29(23)57-38)58-39-37(51)36(50)35(49)32(59-39)17-55-40(52)41(53)15-27(46)34(48)31(16-41)56-33(47)8-6-19-5-7-24(43)26(45)9-19/h4-14,27,31-32,34-39,42-46,48-51,53H,1,15-17H2,2-3H3/b8-6+/t27-,31-,32-,34-,35-,36+,37-,38?,39-,41+/m1/s1. The van der Waals surface area contributed by atoms with E-state index in [1.54, 1.807) is 18.2 Å². The molecule has 3 aromatic carbocycles. The van der Waals surface area contributed by atoms with Crippen molar-refractivity contribution in [2.45, 2.75) is 80.5 Å². The first-order chi connectivity index (χ1) is 27.9. The molecule has 10 N–H and O–H groups in total. The van der Waals surface area contributed by atoms with Crippen molar-refractivity contribution in [3.8, 4) is 34.5 Å². The summed E-state index contributed by atoms with van der Waals surface area (Å²) in [7, 11) is 1.46. The Morgan fingerprint density at radius 2 is 1.66 bits per heavy atom. The van der Waals surface area contributed by atoms with Gasteiger partial charge in [-0.1, -0.05) is 18.7 Å². The minimum absolute atomic E-state index is 0.0619. The summed E-state index contributed by atoms with van der Waals surface area (Å²) in [5.41, 5.74) is -0.307. The van der Waals surface area contributed by atoms with Gasteiger partial charge in [0, 0.05) is 36.6 Å². The van der Waals surface area contributed by atoms with Crippen LogP contribution in [-0.2, 0) is 28.5 Å². The monoisotopic (exact) mass is 824 g/mol. The second kappa shape index (κ2) is 17.2. The number of aliphatic hydroxyl groups is 6. The van der Waals surface area contributed by atoms with Gasteiger partial charge in [-0.3, -0.25) is 0 Å². The van der Waals surface area contributed by atoms with Crippen molar-refractivity contribution < 1.29 is 89.1 Å². The lowest BCUT2D eigenvalue weighted by molar-refractivity contribution is -0.295. The van der Waals surface area contributed by atoms with Crippen LogP contribution in [0, 0.1) is 6.92 Å². The van der Waals surface area contributed by atoms with Crippen LogP contribution in [0.5, 0.6) is 34.5 Å². The van der Waals surface area contributed by atoms with Crippen molar-refractivity contribution in [1.29, 1.82) is 0 Å². The Morgan fingerprint density at radius 1 is 0.915 bits per heavy atom. The smallest absolute Gasteiger partial charge is 0.338 e. The van der Waals surface area contributed by atoms with Gasteiger partial charge in [-0.2, -0.15) is 0 Å². The molecule has 316 valence electrons. The molecule has 1 unspecified atom stereocenters. The lowest BCUT2D eigenvalue weighted by Crippen LogP contribution is -2.60. The van der Waals surface area contributed by atoms with Crippen molar-refractivity contribution in [2.75, 3.05) is 13.7 Å². The summed E-state index contributed by atoms with van der Waals surface area (Å²) in [6, 6.07) is 9.42. The molecule has 0 bridgehead atoms. The number of carbonyl (C=O) groups excluding carboxylic acids is 2. The molecule has 2 aliphatic heterocycles. The molecule has 0 aromatic heterocycles. The maximum Gasteiger partial charge on any atom is 0.338 e. The Hall–Kier alpha value is -5.86. The number of ether oxygens (including phenoxy) is 6. The first-order valence-electron chi connectivity index (χ1n) is 18.2. The molecule has 0 radical (unpaired) electrons. The van der Waals surface area contributed by atoms with E-state index in [2.05, 4.69) is 6.58 Å². The topological polar surface area (TPSA) is 292 Å². The molecule has 0 amide bonds. The molecule has 2 fully saturated rings. The van der Waals surface area contributed by atoms with Crippen molar-refractivity contribution >= 4 is 30.2 Å². The summed E-state index contributed by atoms with van der Waals surface area (Å²) in [6.07, 6.45) is -11.8. The number of hydrogen-bond donors (Lipinski definition) is 10. The molecule has 18 nitrogen and oxygen atoms in total. The number of methoxy groups -OCH3 is 1. The second-order valence-corrected chi connectivity index (χ2v) is 14.3. The highest BCUT2D eigenvalue weighted by atomic mass is 16.7. The van der Waals surface area contributed by atoms with Crippen molar-refractivity contribution in [3.05, 3.63) is 88.7 Å². The molecule has 1 saturated heterocycles. The van der Waals surface area contributed by atoms with E-state index in [1.807, 2.05) is 6.92 Å². The van der Waals surface area contributed by atoms with Crippen LogP contribution in [-0.4, -0.2) is 131 Å². The first kappa shape index (κ1) is 42.7. The minimum Gasteiger partial charge on any atom is -0.508 e. The van der Waals surface area contributed by atoms with E-state index in [4.69, 9.17) is 28.4 Å². The van der Waals surface area contributed by atoms with Gasteiger partial charge in [0.05, 0.1) is 18.8 Å². The van der Waals surface area contributed by atoms with E-state index in [0.29, 0.717) is 22.4 Å². The van der Waals surface area contributed by atoms with Crippen LogP contribution >= 0.6 is 0 Å². The maximum atomic E-state index is 13.3. The van der Waals surface area contributed by atoms with Crippen LogP contribution < -0.4 is 9.47 Å². The van der Waals surface area contributed by atoms with Gasteiger partial charge in [0.2, 0.25) is 6.29 Å². The number of fused-ring (bicyclic) bond motifs is 1. The quantitative estimate of drug-likeness (QED) is 0.0738. The largest absolute Gasteiger partial charge is 0.508 e. The lowest BCUT2D eigenvalue weighted by atomic mass is 9.79. The highest BCUT2D eigenvalue weighted by molar-refractivity contribution is 5.87. The van der Waals surface area contributed by atoms with Gasteiger partial charge in [-0.25, -0.2) is 9.59 Å². The Kier molecular flexibility index (Phi) is 12.4. The number of hydrogen-bond acceptors (Lipinski definition) is 18. The average molecular weight is 825 g/mol. The predicted molar refractivity (Wildman–Crippen MR) is 203 cm³/mol. The van der Waals surface area contributed by atoms with E-state index >= 15 is 0 Å². The van der Waals surface area contributed by atoms with E-state index in [9.17, 15) is 60.7 Å². The minimum atomic E-state index is -2.54. The third kappa shape index (κ3) is 8.93. The van der Waals surface area contributed by atoms with Crippen molar-refractivity contribution in [2.24, 2.45) is 0 Å². The molecule has 10 atom stereocenters. The molecule has 18 heteroatoms. The van der Waals surface area contributed by atoms with E-state index in [0.717, 1.165) is 23.8 Å². The second-order valence-electron chi connectivity index (χ2n) is 14.3. The molecule has 59 heavy (non-hydrogen) atoms. The van der Waals surface area contributed by atoms with Crippen molar-refractivity contribution in [3.63, 3.8) is 0 Å². The summed E-state index contributed by atoms with van der Waals surface area (Å²) in [5, 5.41) is 105. The summed E-state index contributed by atoms with van der Waals surface area (Å²) >= 11 is 0. The van der Waals surface area contributed by atoms with Crippen molar-refractivity contribution in [1.82, 2.24) is 0 Å². The normalized spacial score (nSPS) is 29.1. The van der Waals surface area contributed by atoms with Gasteiger partial charge < -0.3 is 79.5 Å². The number of benzene rings is 3. The molecule has 0 spiro atoms. The third-order valence-electron chi connectivity index (χ3n) is 10.3. The Bertz CT molecular complexity index is 2150. The molecule has 2 heterocycles. The van der Waals surface area contributed by atoms with E-state index < -0.39 is 97.9 Å². The first-order valence-corrected chi connectivity index (χ1v) is 18.2. The zero-order valence-corrected chi connectivity index (χ0v) is 31.6. The fraction of sp³-hybridized carbons (Fsp3) is 0.366. The molecule has 1 saturated carbocycles. The molecule has 3 aromatic rings. The lowest BCUT2D eigenvalue weighted by Gasteiger charge is -2.42. The maximum absolute atomic E-state index is 13.3. The zero-order chi connectivity index (χ0) is 42.9. The Morgan fingerprint density at radius 3 is 2.36 bits per heavy atom. The highest BCUT2D eigenvalue weighted by Gasteiger charge is 2.52. The molecule has 6 rings (SSSR count). The van der Waals surface area contributed by atoms with Gasteiger partial charge >= 0.3 is 11.9 Å². The molecule has 3 aliphatic rings. The van der Waals surface area contributed by atoms with Crippen LogP contribution in [0.15, 0.2) is 60.9 Å². The number of phenols is 4. The summed E-state index contributed by atoms with van der Waals surface area (Å²) < 4.78 is 34.1. The predicted octanol–water partition coefficient (Wildman–Crippen LogP) is 1.18. The fourth-order valence-electron chi connectivity index (χ4n) is 6.98. The Labute approximate surface area is 336 Å². The van der Waals surface area contributed by atoms with Gasteiger partial charge in [0.15, 0.2) is 23.2 Å². The van der Waals surface area contributed by atoms with Gasteiger partial charge in [-0.05, 0) is 60.0 Å². The van der Waals surface area contributed by atoms with Crippen LogP contribution in [0.1, 0.15) is 46.8 Å². The average Bonchev–Trinajstić information content (AvgIpc) is 3.19. The number of carbonyl (C=O) groups is 2. The van der Waals surface area contributed by atoms with E-state index in [1.165, 1.54) is 37.5 Å². The summed E-state index contributed by atoms with van der Waals surface area (Å²) in [4.78, 5) is 25.9. The van der Waals surface area contributed by atoms with Gasteiger partial charge in [0.25, 0.3) is 0 Å². The van der Waals surface area contributed by atoms with Crippen LogP contribution in [0.4, 0.5) is 0 Å². The van der Waals surface area contributed by atoms with Crippen LogP contribution in [0.2, 0.25) is 0 Å². The number of esters is 2. The molecule has 1 aliphatic carbocycles. The molecular weight excluding hydrogens is 780 g/mol. The highest BCUT2D eigenvalue weighted by Crippen LogP contribution is 2.45. The number of aliphatic hydroxyl groups excluding tert-OH is 5. The van der Waals surface area contributed by atoms with Gasteiger partial charge in [0.1, 0.15) is 72.0 Å². The fourth-order valence-corrected chi connectivity index (χ4v) is 6.98. The SMILES string of the molecule is C=Cc1cc(C2Oc3cc(O)cc(O)c3C=C2O[C@@H]2O[C@H](COC(=O)[C@]3(O)C[C@@H](O)[C@@H](O)[C@H](OC(=O)/C=C/c4ccc(O)c(O)c4)C3)[C@@H](O)[C@H](O)[C@H]2O)cc(OC)c1C. The van der Waals surface area contributed by atoms with Crippen LogP contribution in [0.25, 0.3) is 18.2 Å². The molecular formula is C41H44O18. The number of phenolic OH excluding ortho intramolecular Hbond substituents is 4. The number of rotatable bonds is 11. The van der Waals surface area contributed by atoms with Crippen LogP contribution in [0.3, 0.4) is 0 Å². The zero-order valence-electron chi connectivity index (χ0n) is 31.6.